The monoisotopic (exact) mass is 509 g/mol. The molecule has 0 aliphatic carbocycles. The molecule has 1 amide bonds. The van der Waals surface area contributed by atoms with E-state index in [0.717, 1.165) is 10.6 Å². The van der Waals surface area contributed by atoms with Gasteiger partial charge in [-0.3, -0.25) is 9.10 Å². The van der Waals surface area contributed by atoms with Gasteiger partial charge in [0.2, 0.25) is 21.9 Å². The number of hydrogen-bond donors (Lipinski definition) is 3. The number of carbonyl (C=O) groups is 1. The number of sulfonamides is 1. The highest BCUT2D eigenvalue weighted by molar-refractivity contribution is 7.92. The van der Waals surface area contributed by atoms with Crippen LogP contribution in [0.25, 0.3) is 0 Å². The van der Waals surface area contributed by atoms with Crippen LogP contribution in [0.4, 0.5) is 42.1 Å². The van der Waals surface area contributed by atoms with Crippen molar-refractivity contribution in [1.29, 1.82) is 0 Å². The number of carbonyl (C=O) groups excluding carboxylic acids is 1. The fraction of sp³-hybridized carbons (Fsp3) is 0.238. The van der Waals surface area contributed by atoms with Crippen molar-refractivity contribution in [1.82, 2.24) is 15.0 Å². The van der Waals surface area contributed by atoms with Crippen molar-refractivity contribution >= 4 is 44.9 Å². The Hall–Kier alpha value is -3.94. The molecule has 35 heavy (non-hydrogen) atoms. The number of amides is 1. The number of rotatable bonds is 8. The number of pyridine rings is 1. The number of nitrogens with zero attached hydrogens (tertiary/aromatic N) is 4. The lowest BCUT2D eigenvalue weighted by Crippen LogP contribution is -2.27. The van der Waals surface area contributed by atoms with Crippen LogP contribution in [0.5, 0.6) is 0 Å². The average Bonchev–Trinajstić information content (AvgIpc) is 2.76. The molecule has 0 radical (unpaired) electrons. The van der Waals surface area contributed by atoms with Crippen molar-refractivity contribution in [3.63, 3.8) is 0 Å². The molecule has 0 bridgehead atoms. The first-order valence-electron chi connectivity index (χ1n) is 10.0. The Bertz CT molecular complexity index is 1330. The Balaban J connectivity index is 1.90. The van der Waals surface area contributed by atoms with Crippen molar-refractivity contribution in [2.75, 3.05) is 33.6 Å². The highest BCUT2D eigenvalue weighted by Gasteiger charge is 2.35. The molecule has 3 aromatic rings. The second-order valence-electron chi connectivity index (χ2n) is 7.41. The summed E-state index contributed by atoms with van der Waals surface area (Å²) in [7, 11) is -2.35. The molecule has 0 saturated carbocycles. The maximum Gasteiger partial charge on any atom is 0.421 e. The average molecular weight is 510 g/mol. The smallest absolute Gasteiger partial charge is 0.365 e. The summed E-state index contributed by atoms with van der Waals surface area (Å²) in [4.78, 5) is 23.0. The van der Waals surface area contributed by atoms with Gasteiger partial charge in [0, 0.05) is 49.8 Å². The Morgan fingerprint density at radius 1 is 1.11 bits per heavy atom. The fourth-order valence-corrected chi connectivity index (χ4v) is 3.46. The molecule has 1 aromatic carbocycles. The van der Waals surface area contributed by atoms with Crippen molar-refractivity contribution < 1.29 is 26.4 Å². The fourth-order valence-electron chi connectivity index (χ4n) is 2.98. The Morgan fingerprint density at radius 2 is 1.83 bits per heavy atom. The molecular formula is C21H22F3N7O3S. The van der Waals surface area contributed by atoms with E-state index in [1.165, 1.54) is 32.3 Å². The minimum absolute atomic E-state index is 0.0678. The van der Waals surface area contributed by atoms with E-state index in [9.17, 15) is 26.4 Å². The van der Waals surface area contributed by atoms with Gasteiger partial charge in [0.15, 0.2) is 0 Å². The molecule has 0 unspecified atom stereocenters. The summed E-state index contributed by atoms with van der Waals surface area (Å²) in [6.45, 7) is 1.15. The van der Waals surface area contributed by atoms with E-state index in [4.69, 9.17) is 0 Å². The molecule has 0 aliphatic rings. The third-order valence-electron chi connectivity index (χ3n) is 4.64. The number of halogens is 3. The summed E-state index contributed by atoms with van der Waals surface area (Å²) in [5.74, 6) is -0.848. The zero-order valence-electron chi connectivity index (χ0n) is 18.9. The molecule has 0 saturated heterocycles. The van der Waals surface area contributed by atoms with Gasteiger partial charge in [0.25, 0.3) is 0 Å². The van der Waals surface area contributed by atoms with Gasteiger partial charge < -0.3 is 16.0 Å². The highest BCUT2D eigenvalue weighted by Crippen LogP contribution is 2.34. The first-order chi connectivity index (χ1) is 16.3. The highest BCUT2D eigenvalue weighted by atomic mass is 32.2. The van der Waals surface area contributed by atoms with E-state index in [2.05, 4.69) is 30.9 Å². The van der Waals surface area contributed by atoms with E-state index in [1.54, 1.807) is 24.3 Å². The van der Waals surface area contributed by atoms with Crippen LogP contribution in [0.2, 0.25) is 0 Å². The Kier molecular flexibility index (Phi) is 7.43. The Morgan fingerprint density at radius 3 is 2.49 bits per heavy atom. The summed E-state index contributed by atoms with van der Waals surface area (Å²) < 4.78 is 65.5. The molecule has 14 heteroatoms. The predicted octanol–water partition coefficient (Wildman–Crippen LogP) is 3.60. The lowest BCUT2D eigenvalue weighted by atomic mass is 10.2. The number of alkyl halides is 3. The van der Waals surface area contributed by atoms with Gasteiger partial charge in [-0.15, -0.1) is 0 Å². The minimum atomic E-state index is -4.74. The maximum atomic E-state index is 13.6. The third-order valence-corrected chi connectivity index (χ3v) is 5.81. The zero-order chi connectivity index (χ0) is 25.8. The number of anilines is 5. The summed E-state index contributed by atoms with van der Waals surface area (Å²) in [5, 5.41) is 8.02. The molecule has 186 valence electrons. The maximum absolute atomic E-state index is 13.6. The van der Waals surface area contributed by atoms with Crippen molar-refractivity contribution in [3.8, 4) is 0 Å². The number of benzene rings is 1. The molecular weight excluding hydrogens is 487 g/mol. The molecule has 3 rings (SSSR count). The standard InChI is InChI=1S/C21H22F3N7O3S/c1-13(32)28-15-7-4-8-16(10-15)29-20-27-12-17(21(22,23)24)18(30-20)26-11-14-6-5-9-25-19(14)31(2)35(3,33)34/h4-10,12H,11H2,1-3H3,(H,28,32)(H2,26,27,29,30). The van der Waals surface area contributed by atoms with Gasteiger partial charge in [-0.1, -0.05) is 12.1 Å². The van der Waals surface area contributed by atoms with E-state index >= 15 is 0 Å². The summed E-state index contributed by atoms with van der Waals surface area (Å²) >= 11 is 0. The van der Waals surface area contributed by atoms with E-state index in [1.807, 2.05) is 0 Å². The largest absolute Gasteiger partial charge is 0.421 e. The first-order valence-corrected chi connectivity index (χ1v) is 11.9. The Labute approximate surface area is 199 Å². The molecule has 0 aliphatic heterocycles. The van der Waals surface area contributed by atoms with Crippen molar-refractivity contribution in [2.45, 2.75) is 19.6 Å². The molecule has 3 N–H and O–H groups in total. The van der Waals surface area contributed by atoms with Crippen LogP contribution >= 0.6 is 0 Å². The molecule has 0 atom stereocenters. The van der Waals surface area contributed by atoms with Crippen molar-refractivity contribution in [2.24, 2.45) is 0 Å². The van der Waals surface area contributed by atoms with Gasteiger partial charge >= 0.3 is 6.18 Å². The second-order valence-corrected chi connectivity index (χ2v) is 9.42. The number of hydrogen-bond acceptors (Lipinski definition) is 8. The molecule has 10 nitrogen and oxygen atoms in total. The van der Waals surface area contributed by atoms with Crippen LogP contribution in [0.1, 0.15) is 18.1 Å². The summed E-state index contributed by atoms with van der Waals surface area (Å²) in [5.41, 5.74) is 0.153. The molecule has 2 aromatic heterocycles. The lowest BCUT2D eigenvalue weighted by Gasteiger charge is -2.20. The molecule has 0 spiro atoms. The topological polar surface area (TPSA) is 129 Å². The van der Waals surface area contributed by atoms with Gasteiger partial charge in [-0.2, -0.15) is 18.2 Å². The quantitative estimate of drug-likeness (QED) is 0.420. The molecule has 2 heterocycles. The van der Waals surface area contributed by atoms with Gasteiger partial charge in [0.05, 0.1) is 6.26 Å². The first kappa shape index (κ1) is 25.7. The predicted molar refractivity (Wildman–Crippen MR) is 126 cm³/mol. The van der Waals surface area contributed by atoms with Crippen LogP contribution < -0.4 is 20.3 Å². The van der Waals surface area contributed by atoms with Gasteiger partial charge in [-0.25, -0.2) is 18.4 Å². The lowest BCUT2D eigenvalue weighted by molar-refractivity contribution is -0.137. The number of nitrogens with one attached hydrogen (secondary N) is 3. The van der Waals surface area contributed by atoms with E-state index in [0.29, 0.717) is 23.1 Å². The number of aromatic nitrogens is 3. The summed E-state index contributed by atoms with van der Waals surface area (Å²) in [6.07, 6.45) is -1.73. The van der Waals surface area contributed by atoms with E-state index in [-0.39, 0.29) is 24.2 Å². The molecule has 0 fully saturated rings. The van der Waals surface area contributed by atoms with Crippen molar-refractivity contribution in [3.05, 3.63) is 59.9 Å². The normalized spacial score (nSPS) is 11.6. The van der Waals surface area contributed by atoms with Gasteiger partial charge in [0.1, 0.15) is 17.2 Å². The minimum Gasteiger partial charge on any atom is -0.365 e. The van der Waals surface area contributed by atoms with Gasteiger partial charge in [-0.05, 0) is 24.3 Å². The SMILES string of the molecule is CC(=O)Nc1cccc(Nc2ncc(C(F)(F)F)c(NCc3cccnc3N(C)S(C)(=O)=O)n2)c1. The van der Waals surface area contributed by atoms with Crippen LogP contribution in [-0.2, 0) is 27.5 Å². The van der Waals surface area contributed by atoms with E-state index < -0.39 is 27.6 Å². The van der Waals surface area contributed by atoms with Crippen LogP contribution in [0.3, 0.4) is 0 Å². The summed E-state index contributed by atoms with van der Waals surface area (Å²) in [6, 6.07) is 9.56. The second kappa shape index (κ2) is 10.1. The van der Waals surface area contributed by atoms with Crippen LogP contribution in [0, 0.1) is 0 Å². The van der Waals surface area contributed by atoms with Crippen LogP contribution in [0.15, 0.2) is 48.8 Å². The zero-order valence-corrected chi connectivity index (χ0v) is 19.7. The van der Waals surface area contributed by atoms with Crippen LogP contribution in [-0.4, -0.2) is 42.6 Å². The third kappa shape index (κ3) is 6.79.